The molecule has 0 aliphatic heterocycles. The monoisotopic (exact) mass is 260 g/mol. The van der Waals surface area contributed by atoms with Crippen LogP contribution in [-0.2, 0) is 9.53 Å². The predicted molar refractivity (Wildman–Crippen MR) is 74.9 cm³/mol. The van der Waals surface area contributed by atoms with Gasteiger partial charge < -0.3 is 4.74 Å². The number of rotatable bonds is 5. The van der Waals surface area contributed by atoms with Crippen LogP contribution in [0.5, 0.6) is 0 Å². The fourth-order valence-electron chi connectivity index (χ4n) is 1.65. The van der Waals surface area contributed by atoms with Crippen LogP contribution in [-0.4, -0.2) is 17.4 Å². The van der Waals surface area contributed by atoms with Crippen molar-refractivity contribution in [3.63, 3.8) is 0 Å². The standard InChI is InChI=1S/C16H20O3/c1-5-9-13(15(18)19-16(2,3)4)14(17)12-10-7-6-8-11-12/h5-8,10-11,13H,1,9H2,2-4H3. The van der Waals surface area contributed by atoms with Crippen LogP contribution in [0.15, 0.2) is 43.0 Å². The first-order valence-electron chi connectivity index (χ1n) is 6.28. The van der Waals surface area contributed by atoms with Crippen LogP contribution >= 0.6 is 0 Å². The molecular weight excluding hydrogens is 240 g/mol. The Hall–Kier alpha value is -1.90. The number of benzene rings is 1. The summed E-state index contributed by atoms with van der Waals surface area (Å²) in [4.78, 5) is 24.4. The first-order valence-corrected chi connectivity index (χ1v) is 6.28. The minimum absolute atomic E-state index is 0.227. The molecule has 1 rings (SSSR count). The van der Waals surface area contributed by atoms with E-state index in [1.807, 2.05) is 6.07 Å². The van der Waals surface area contributed by atoms with Crippen molar-refractivity contribution in [1.82, 2.24) is 0 Å². The number of hydrogen-bond donors (Lipinski definition) is 0. The van der Waals surface area contributed by atoms with Gasteiger partial charge in [-0.2, -0.15) is 0 Å². The number of ketones is 1. The molecule has 0 amide bonds. The van der Waals surface area contributed by atoms with Gasteiger partial charge >= 0.3 is 5.97 Å². The van der Waals surface area contributed by atoms with Crippen molar-refractivity contribution < 1.29 is 14.3 Å². The maximum absolute atomic E-state index is 12.3. The van der Waals surface area contributed by atoms with E-state index in [9.17, 15) is 9.59 Å². The average Bonchev–Trinajstić information content (AvgIpc) is 2.34. The molecule has 0 bridgehead atoms. The molecule has 19 heavy (non-hydrogen) atoms. The molecule has 1 unspecified atom stereocenters. The maximum atomic E-state index is 12.3. The number of Topliss-reactive ketones (excluding diaryl/α,β-unsaturated/α-hetero) is 1. The predicted octanol–water partition coefficient (Wildman–Crippen LogP) is 3.40. The molecule has 3 heteroatoms. The van der Waals surface area contributed by atoms with Crippen LogP contribution in [0.2, 0.25) is 0 Å². The van der Waals surface area contributed by atoms with E-state index >= 15 is 0 Å². The van der Waals surface area contributed by atoms with Crippen molar-refractivity contribution in [2.45, 2.75) is 32.8 Å². The lowest BCUT2D eigenvalue weighted by molar-refractivity contribution is -0.157. The molecule has 1 aromatic carbocycles. The lowest BCUT2D eigenvalue weighted by atomic mass is 9.94. The summed E-state index contributed by atoms with van der Waals surface area (Å²) in [7, 11) is 0. The van der Waals surface area contributed by atoms with Gasteiger partial charge in [-0.1, -0.05) is 36.4 Å². The van der Waals surface area contributed by atoms with Crippen molar-refractivity contribution >= 4 is 11.8 Å². The third-order valence-corrected chi connectivity index (χ3v) is 2.47. The fraction of sp³-hybridized carbons (Fsp3) is 0.375. The molecule has 0 heterocycles. The van der Waals surface area contributed by atoms with Crippen molar-refractivity contribution in [1.29, 1.82) is 0 Å². The SMILES string of the molecule is C=CCC(C(=O)OC(C)(C)C)C(=O)c1ccccc1. The molecule has 102 valence electrons. The van der Waals surface area contributed by atoms with Crippen LogP contribution in [0.3, 0.4) is 0 Å². The number of hydrogen-bond acceptors (Lipinski definition) is 3. The van der Waals surface area contributed by atoms with E-state index in [-0.39, 0.29) is 12.2 Å². The lowest BCUT2D eigenvalue weighted by Gasteiger charge is -2.23. The summed E-state index contributed by atoms with van der Waals surface area (Å²) in [5.41, 5.74) is -0.0896. The maximum Gasteiger partial charge on any atom is 0.317 e. The summed E-state index contributed by atoms with van der Waals surface area (Å²) in [5, 5.41) is 0. The molecule has 0 aliphatic carbocycles. The molecule has 0 aromatic heterocycles. The number of ether oxygens (including phenoxy) is 1. The van der Waals surface area contributed by atoms with Gasteiger partial charge in [0.1, 0.15) is 11.5 Å². The van der Waals surface area contributed by atoms with E-state index in [0.29, 0.717) is 5.56 Å². The first-order chi connectivity index (χ1) is 8.85. The molecule has 3 nitrogen and oxygen atoms in total. The highest BCUT2D eigenvalue weighted by atomic mass is 16.6. The van der Waals surface area contributed by atoms with Gasteiger partial charge in [-0.25, -0.2) is 0 Å². The molecule has 0 saturated carbocycles. The number of esters is 1. The molecule has 0 N–H and O–H groups in total. The average molecular weight is 260 g/mol. The Labute approximate surface area is 114 Å². The minimum Gasteiger partial charge on any atom is -0.459 e. The first kappa shape index (κ1) is 15.2. The van der Waals surface area contributed by atoms with Crippen molar-refractivity contribution in [3.05, 3.63) is 48.6 Å². The van der Waals surface area contributed by atoms with Crippen molar-refractivity contribution in [3.8, 4) is 0 Å². The third kappa shape index (κ3) is 4.70. The van der Waals surface area contributed by atoms with E-state index in [2.05, 4.69) is 6.58 Å². The summed E-state index contributed by atoms with van der Waals surface area (Å²) in [5.74, 6) is -1.55. The second kappa shape index (κ2) is 6.32. The van der Waals surface area contributed by atoms with Crippen molar-refractivity contribution in [2.75, 3.05) is 0 Å². The topological polar surface area (TPSA) is 43.4 Å². The van der Waals surface area contributed by atoms with Crippen LogP contribution < -0.4 is 0 Å². The Balaban J connectivity index is 2.92. The fourth-order valence-corrected chi connectivity index (χ4v) is 1.65. The molecule has 0 saturated heterocycles. The largest absolute Gasteiger partial charge is 0.459 e. The Morgan fingerprint density at radius 3 is 2.32 bits per heavy atom. The Kier molecular flexibility index (Phi) is 5.04. The summed E-state index contributed by atoms with van der Waals surface area (Å²) in [6.45, 7) is 8.94. The van der Waals surface area contributed by atoms with Gasteiger partial charge in [0, 0.05) is 5.56 Å². The van der Waals surface area contributed by atoms with E-state index in [0.717, 1.165) is 0 Å². The van der Waals surface area contributed by atoms with E-state index in [1.54, 1.807) is 51.1 Å². The zero-order valence-corrected chi connectivity index (χ0v) is 11.7. The Bertz CT molecular complexity index is 455. The van der Waals surface area contributed by atoms with Crippen LogP contribution in [0.4, 0.5) is 0 Å². The number of carbonyl (C=O) groups excluding carboxylic acids is 2. The van der Waals surface area contributed by atoms with E-state index < -0.39 is 17.5 Å². The lowest BCUT2D eigenvalue weighted by Crippen LogP contribution is -2.32. The van der Waals surface area contributed by atoms with Gasteiger partial charge in [-0.3, -0.25) is 9.59 Å². The second-order valence-corrected chi connectivity index (χ2v) is 5.34. The highest BCUT2D eigenvalue weighted by molar-refractivity contribution is 6.08. The molecule has 1 aromatic rings. The second-order valence-electron chi connectivity index (χ2n) is 5.34. The molecule has 0 fully saturated rings. The van der Waals surface area contributed by atoms with E-state index in [1.165, 1.54) is 0 Å². The molecule has 0 radical (unpaired) electrons. The summed E-state index contributed by atoms with van der Waals surface area (Å²) < 4.78 is 5.29. The highest BCUT2D eigenvalue weighted by Crippen LogP contribution is 2.18. The van der Waals surface area contributed by atoms with Crippen LogP contribution in [0, 0.1) is 5.92 Å². The van der Waals surface area contributed by atoms with Gasteiger partial charge in [0.25, 0.3) is 0 Å². The Morgan fingerprint density at radius 1 is 1.26 bits per heavy atom. The van der Waals surface area contributed by atoms with E-state index in [4.69, 9.17) is 4.74 Å². The normalized spacial score (nSPS) is 12.6. The molecule has 1 atom stereocenters. The minimum atomic E-state index is -0.820. The van der Waals surface area contributed by atoms with Crippen LogP contribution in [0.1, 0.15) is 37.6 Å². The van der Waals surface area contributed by atoms with Gasteiger partial charge in [0.05, 0.1) is 0 Å². The van der Waals surface area contributed by atoms with Gasteiger partial charge in [0.2, 0.25) is 0 Å². The molecular formula is C16H20O3. The quantitative estimate of drug-likeness (QED) is 0.353. The summed E-state index contributed by atoms with van der Waals surface area (Å²) in [6, 6.07) is 8.76. The van der Waals surface area contributed by atoms with Gasteiger partial charge in [-0.15, -0.1) is 6.58 Å². The third-order valence-electron chi connectivity index (χ3n) is 2.47. The zero-order valence-electron chi connectivity index (χ0n) is 11.7. The van der Waals surface area contributed by atoms with Crippen molar-refractivity contribution in [2.24, 2.45) is 5.92 Å². The Morgan fingerprint density at radius 2 is 1.84 bits per heavy atom. The summed E-state index contributed by atoms with van der Waals surface area (Å²) >= 11 is 0. The summed E-state index contributed by atoms with van der Waals surface area (Å²) in [6.07, 6.45) is 1.85. The van der Waals surface area contributed by atoms with Gasteiger partial charge in [0.15, 0.2) is 5.78 Å². The molecule has 0 spiro atoms. The highest BCUT2D eigenvalue weighted by Gasteiger charge is 2.30. The van der Waals surface area contributed by atoms with Gasteiger partial charge in [-0.05, 0) is 27.2 Å². The number of allylic oxidation sites excluding steroid dienone is 1. The smallest absolute Gasteiger partial charge is 0.317 e. The zero-order chi connectivity index (χ0) is 14.5. The molecule has 0 aliphatic rings. The number of carbonyl (C=O) groups is 2. The van der Waals surface area contributed by atoms with Crippen LogP contribution in [0.25, 0.3) is 0 Å².